The van der Waals surface area contributed by atoms with Crippen LogP contribution in [0.15, 0.2) is 59.8 Å². The molecule has 0 spiro atoms. The summed E-state index contributed by atoms with van der Waals surface area (Å²) in [5, 5.41) is 11.9. The molecule has 146 valence electrons. The van der Waals surface area contributed by atoms with Gasteiger partial charge in [0.05, 0.1) is 5.69 Å². The van der Waals surface area contributed by atoms with Gasteiger partial charge in [-0.05, 0) is 42.3 Å². The monoisotopic (exact) mass is 397 g/mol. The normalized spacial score (nSPS) is 13.2. The molecule has 0 saturated heterocycles. The first-order valence-corrected chi connectivity index (χ1v) is 10.2. The van der Waals surface area contributed by atoms with Crippen LogP contribution in [-0.4, -0.2) is 32.4 Å². The number of carbonyl (C=O) groups is 2. The van der Waals surface area contributed by atoms with Gasteiger partial charge in [0.1, 0.15) is 11.7 Å². The number of aliphatic carboxylic acids is 1. The zero-order valence-electron chi connectivity index (χ0n) is 15.8. The van der Waals surface area contributed by atoms with E-state index in [4.69, 9.17) is 0 Å². The molecule has 0 radical (unpaired) electrons. The Kier molecular flexibility index (Phi) is 6.36. The highest BCUT2D eigenvalue weighted by atomic mass is 32.2. The van der Waals surface area contributed by atoms with Crippen LogP contribution >= 0.6 is 11.8 Å². The summed E-state index contributed by atoms with van der Waals surface area (Å²) < 4.78 is 1.99. The molecule has 0 aliphatic heterocycles. The highest BCUT2D eigenvalue weighted by Gasteiger charge is 2.25. The summed E-state index contributed by atoms with van der Waals surface area (Å²) in [5.74, 6) is -0.795. The largest absolute Gasteiger partial charge is 0.480 e. The minimum atomic E-state index is -1.01. The molecule has 3 rings (SSSR count). The number of thioether (sulfide) groups is 1. The Hall–Kier alpha value is -2.80. The van der Waals surface area contributed by atoms with E-state index in [0.717, 1.165) is 22.0 Å². The Balaban J connectivity index is 1.60. The van der Waals surface area contributed by atoms with E-state index in [1.807, 2.05) is 61.0 Å². The lowest BCUT2D eigenvalue weighted by Crippen LogP contribution is -2.45. The molecule has 1 amide bonds. The highest BCUT2D eigenvalue weighted by molar-refractivity contribution is 7.98. The molecule has 0 unspecified atom stereocenters. The summed E-state index contributed by atoms with van der Waals surface area (Å²) in [5.41, 5.74) is 2.35. The zero-order chi connectivity index (χ0) is 20.1. The molecule has 0 bridgehead atoms. The van der Waals surface area contributed by atoms with Crippen LogP contribution in [0.1, 0.15) is 36.3 Å². The van der Waals surface area contributed by atoms with E-state index in [1.54, 1.807) is 23.9 Å². The second kappa shape index (κ2) is 8.93. The molecular weight excluding hydrogens is 374 g/mol. The summed E-state index contributed by atoms with van der Waals surface area (Å²) in [4.78, 5) is 29.3. The van der Waals surface area contributed by atoms with Gasteiger partial charge in [-0.1, -0.05) is 26.3 Å². The maximum atomic E-state index is 12.4. The smallest absolute Gasteiger partial charge is 0.326 e. The van der Waals surface area contributed by atoms with Gasteiger partial charge in [0.15, 0.2) is 0 Å². The van der Waals surface area contributed by atoms with Crippen molar-refractivity contribution in [2.75, 3.05) is 0 Å². The van der Waals surface area contributed by atoms with Crippen LogP contribution in [0, 0.1) is 5.92 Å². The molecule has 7 heteroatoms. The molecule has 0 fully saturated rings. The van der Waals surface area contributed by atoms with Crippen LogP contribution in [0.3, 0.4) is 0 Å². The van der Waals surface area contributed by atoms with Crippen LogP contribution in [0.2, 0.25) is 0 Å². The molecule has 1 aromatic carbocycles. The van der Waals surface area contributed by atoms with Gasteiger partial charge in [-0.2, -0.15) is 0 Å². The van der Waals surface area contributed by atoms with Crippen LogP contribution in [-0.2, 0) is 10.5 Å². The van der Waals surface area contributed by atoms with E-state index in [2.05, 4.69) is 10.3 Å². The number of hydrogen-bond donors (Lipinski definition) is 2. The van der Waals surface area contributed by atoms with Crippen molar-refractivity contribution in [1.29, 1.82) is 0 Å². The lowest BCUT2D eigenvalue weighted by molar-refractivity contribution is -0.140. The first-order valence-electron chi connectivity index (χ1n) is 9.17. The number of imidazole rings is 1. The number of benzene rings is 1. The number of amides is 1. The first-order chi connectivity index (χ1) is 13.5. The Morgan fingerprint density at radius 3 is 2.61 bits per heavy atom. The van der Waals surface area contributed by atoms with Crippen molar-refractivity contribution < 1.29 is 14.7 Å². The van der Waals surface area contributed by atoms with Crippen LogP contribution < -0.4 is 5.32 Å². The number of carbonyl (C=O) groups excluding carboxylic acids is 1. The van der Waals surface area contributed by atoms with E-state index in [1.165, 1.54) is 0 Å². The van der Waals surface area contributed by atoms with Crippen molar-refractivity contribution in [3.05, 3.63) is 66.1 Å². The van der Waals surface area contributed by atoms with Crippen molar-refractivity contribution in [2.24, 2.45) is 5.92 Å². The number of hydrogen-bond acceptors (Lipinski definition) is 4. The van der Waals surface area contributed by atoms with Crippen molar-refractivity contribution in [2.45, 2.75) is 37.0 Å². The molecule has 3 aromatic rings. The second-order valence-corrected chi connectivity index (χ2v) is 7.74. The lowest BCUT2D eigenvalue weighted by Gasteiger charge is -2.20. The maximum Gasteiger partial charge on any atom is 0.326 e. The van der Waals surface area contributed by atoms with Gasteiger partial charge in [-0.15, -0.1) is 11.8 Å². The lowest BCUT2D eigenvalue weighted by atomic mass is 9.99. The topological polar surface area (TPSA) is 83.7 Å². The fourth-order valence-corrected chi connectivity index (χ4v) is 3.61. The molecule has 0 saturated carbocycles. The van der Waals surface area contributed by atoms with Gasteiger partial charge in [0.2, 0.25) is 0 Å². The fraction of sp³-hybridized carbons (Fsp3) is 0.286. The summed E-state index contributed by atoms with van der Waals surface area (Å²) in [6, 6.07) is 12.2. The van der Waals surface area contributed by atoms with Crippen LogP contribution in [0.4, 0.5) is 0 Å². The van der Waals surface area contributed by atoms with Crippen molar-refractivity contribution in [3.63, 3.8) is 0 Å². The Bertz CT molecular complexity index is 935. The Labute approximate surface area is 168 Å². The highest BCUT2D eigenvalue weighted by Crippen LogP contribution is 2.23. The van der Waals surface area contributed by atoms with E-state index < -0.39 is 12.0 Å². The predicted octanol–water partition coefficient (Wildman–Crippen LogP) is 3.86. The molecule has 2 aromatic heterocycles. The Morgan fingerprint density at radius 1 is 1.21 bits per heavy atom. The number of rotatable bonds is 8. The van der Waals surface area contributed by atoms with Crippen molar-refractivity contribution >= 4 is 29.3 Å². The average molecular weight is 398 g/mol. The maximum absolute atomic E-state index is 12.4. The number of aromatic nitrogens is 2. The number of fused-ring (bicyclic) bond motifs is 1. The van der Waals surface area contributed by atoms with Crippen molar-refractivity contribution in [1.82, 2.24) is 14.7 Å². The third-order valence-corrected chi connectivity index (χ3v) is 5.73. The molecular formula is C21H23N3O3S. The number of pyridine rings is 1. The standard InChI is InChI=1S/C21H23N3O3S/c1-3-14(2)19(21(26)27)23-20(25)15-7-9-17(10-8-15)28-13-16-12-24-11-5-4-6-18(24)22-16/h4-12,14,19H,3,13H2,1-2H3,(H,23,25)(H,26,27)/t14-,19-/m0/s1. The molecule has 0 aliphatic rings. The van der Waals surface area contributed by atoms with Gasteiger partial charge in [-0.3, -0.25) is 4.79 Å². The average Bonchev–Trinajstić information content (AvgIpc) is 3.13. The van der Waals surface area contributed by atoms with E-state index in [9.17, 15) is 14.7 Å². The molecule has 2 heterocycles. The quantitative estimate of drug-likeness (QED) is 0.564. The number of carboxylic acid groups (broad SMARTS) is 1. The van der Waals surface area contributed by atoms with E-state index in [-0.39, 0.29) is 11.8 Å². The van der Waals surface area contributed by atoms with Gasteiger partial charge >= 0.3 is 5.97 Å². The van der Waals surface area contributed by atoms with E-state index in [0.29, 0.717) is 12.0 Å². The molecule has 6 nitrogen and oxygen atoms in total. The molecule has 2 N–H and O–H groups in total. The summed E-state index contributed by atoms with van der Waals surface area (Å²) >= 11 is 1.63. The third-order valence-electron chi connectivity index (χ3n) is 4.68. The predicted molar refractivity (Wildman–Crippen MR) is 110 cm³/mol. The van der Waals surface area contributed by atoms with Gasteiger partial charge in [0, 0.05) is 28.6 Å². The van der Waals surface area contributed by atoms with Crippen LogP contribution in [0.5, 0.6) is 0 Å². The van der Waals surface area contributed by atoms with Crippen molar-refractivity contribution in [3.8, 4) is 0 Å². The molecule has 2 atom stereocenters. The summed E-state index contributed by atoms with van der Waals surface area (Å²) in [6.07, 6.45) is 4.65. The molecule has 0 aliphatic carbocycles. The fourth-order valence-electron chi connectivity index (χ4n) is 2.82. The van der Waals surface area contributed by atoms with Crippen LogP contribution in [0.25, 0.3) is 5.65 Å². The SMILES string of the molecule is CC[C@H](C)[C@H](NC(=O)c1ccc(SCc2cn3ccccc3n2)cc1)C(=O)O. The first kappa shape index (κ1) is 19.9. The number of nitrogens with zero attached hydrogens (tertiary/aromatic N) is 2. The second-order valence-electron chi connectivity index (χ2n) is 6.69. The van der Waals surface area contributed by atoms with E-state index >= 15 is 0 Å². The summed E-state index contributed by atoms with van der Waals surface area (Å²) in [7, 11) is 0. The molecule has 28 heavy (non-hydrogen) atoms. The summed E-state index contributed by atoms with van der Waals surface area (Å²) in [6.45, 7) is 3.72. The minimum Gasteiger partial charge on any atom is -0.480 e. The van der Waals surface area contributed by atoms with Gasteiger partial charge in [-0.25, -0.2) is 9.78 Å². The zero-order valence-corrected chi connectivity index (χ0v) is 16.6. The number of carboxylic acids is 1. The van der Waals surface area contributed by atoms with Gasteiger partial charge < -0.3 is 14.8 Å². The number of nitrogens with one attached hydrogen (secondary N) is 1. The third kappa shape index (κ3) is 4.72. The van der Waals surface area contributed by atoms with Gasteiger partial charge in [0.25, 0.3) is 5.91 Å². The minimum absolute atomic E-state index is 0.137. The Morgan fingerprint density at radius 2 is 1.96 bits per heavy atom.